The second kappa shape index (κ2) is 3.93. The Labute approximate surface area is 90.3 Å². The molecule has 82 valence electrons. The van der Waals surface area contributed by atoms with Crippen LogP contribution in [-0.2, 0) is 4.74 Å². The van der Waals surface area contributed by atoms with Gasteiger partial charge in [0.05, 0.1) is 13.2 Å². The van der Waals surface area contributed by atoms with Crippen molar-refractivity contribution in [2.24, 2.45) is 5.92 Å². The molecule has 2 heteroatoms. The van der Waals surface area contributed by atoms with Crippen LogP contribution in [0.2, 0.25) is 0 Å². The third-order valence-corrected chi connectivity index (χ3v) is 3.41. The molecular formula is C13H17FO. The van der Waals surface area contributed by atoms with Gasteiger partial charge < -0.3 is 4.74 Å². The zero-order valence-electron chi connectivity index (χ0n) is 9.51. The fraction of sp³-hybridized carbons (Fsp3) is 0.538. The predicted octanol–water partition coefficient (Wildman–Crippen LogP) is 3.19. The van der Waals surface area contributed by atoms with Crippen LogP contribution in [0, 0.1) is 25.6 Å². The molecule has 1 heterocycles. The van der Waals surface area contributed by atoms with E-state index in [4.69, 9.17) is 4.74 Å². The first-order valence-electron chi connectivity index (χ1n) is 5.44. The smallest absolute Gasteiger partial charge is 0.126 e. The minimum absolute atomic E-state index is 0.0947. The first kappa shape index (κ1) is 10.6. The molecular weight excluding hydrogens is 191 g/mol. The van der Waals surface area contributed by atoms with Crippen LogP contribution in [0.3, 0.4) is 0 Å². The first-order chi connectivity index (χ1) is 7.09. The Morgan fingerprint density at radius 1 is 1.27 bits per heavy atom. The van der Waals surface area contributed by atoms with Crippen LogP contribution in [0.1, 0.15) is 29.5 Å². The fourth-order valence-corrected chi connectivity index (χ4v) is 2.13. The summed E-state index contributed by atoms with van der Waals surface area (Å²) in [6.07, 6.45) is 0. The van der Waals surface area contributed by atoms with E-state index in [1.54, 1.807) is 6.07 Å². The molecule has 2 rings (SSSR count). The lowest BCUT2D eigenvalue weighted by Crippen LogP contribution is -2.32. The summed E-state index contributed by atoms with van der Waals surface area (Å²) in [6, 6.07) is 3.62. The van der Waals surface area contributed by atoms with Gasteiger partial charge in [-0.1, -0.05) is 13.0 Å². The molecule has 1 atom stereocenters. The van der Waals surface area contributed by atoms with Gasteiger partial charge in [0.25, 0.3) is 0 Å². The SMILES string of the molecule is Cc1cc(C)c([C@H](C)C2COC2)cc1F. The minimum atomic E-state index is -0.0947. The van der Waals surface area contributed by atoms with Crippen molar-refractivity contribution in [1.82, 2.24) is 0 Å². The number of benzene rings is 1. The summed E-state index contributed by atoms with van der Waals surface area (Å²) in [7, 11) is 0. The van der Waals surface area contributed by atoms with Crippen LogP contribution in [0.15, 0.2) is 12.1 Å². The highest BCUT2D eigenvalue weighted by atomic mass is 19.1. The number of rotatable bonds is 2. The zero-order valence-corrected chi connectivity index (χ0v) is 9.51. The Morgan fingerprint density at radius 3 is 2.47 bits per heavy atom. The van der Waals surface area contributed by atoms with Crippen molar-refractivity contribution in [2.75, 3.05) is 13.2 Å². The second-order valence-corrected chi connectivity index (χ2v) is 4.54. The number of hydrogen-bond acceptors (Lipinski definition) is 1. The number of halogens is 1. The van der Waals surface area contributed by atoms with Crippen molar-refractivity contribution >= 4 is 0 Å². The second-order valence-electron chi connectivity index (χ2n) is 4.54. The van der Waals surface area contributed by atoms with Crippen molar-refractivity contribution in [2.45, 2.75) is 26.7 Å². The molecule has 0 bridgehead atoms. The van der Waals surface area contributed by atoms with Crippen LogP contribution in [0.4, 0.5) is 4.39 Å². The Bertz CT molecular complexity index is 369. The number of ether oxygens (including phenoxy) is 1. The van der Waals surface area contributed by atoms with Crippen molar-refractivity contribution in [3.05, 3.63) is 34.6 Å². The molecule has 1 fully saturated rings. The van der Waals surface area contributed by atoms with Crippen molar-refractivity contribution in [3.8, 4) is 0 Å². The molecule has 0 N–H and O–H groups in total. The standard InChI is InChI=1S/C13H17FO/c1-8-4-9(2)13(14)5-12(8)10(3)11-6-15-7-11/h4-5,10-11H,6-7H2,1-3H3/t10-/m1/s1. The van der Waals surface area contributed by atoms with Crippen molar-refractivity contribution < 1.29 is 9.13 Å². The van der Waals surface area contributed by atoms with Gasteiger partial charge in [-0.2, -0.15) is 0 Å². The van der Waals surface area contributed by atoms with Crippen LogP contribution < -0.4 is 0 Å². The van der Waals surface area contributed by atoms with E-state index in [2.05, 4.69) is 13.8 Å². The molecule has 15 heavy (non-hydrogen) atoms. The quantitative estimate of drug-likeness (QED) is 0.725. The van der Waals surface area contributed by atoms with Crippen molar-refractivity contribution in [3.63, 3.8) is 0 Å². The van der Waals surface area contributed by atoms with E-state index >= 15 is 0 Å². The molecule has 0 amide bonds. The van der Waals surface area contributed by atoms with Crippen LogP contribution >= 0.6 is 0 Å². The van der Waals surface area contributed by atoms with E-state index < -0.39 is 0 Å². The molecule has 1 saturated heterocycles. The molecule has 1 nitrogen and oxygen atoms in total. The van der Waals surface area contributed by atoms with Gasteiger partial charge in [-0.25, -0.2) is 4.39 Å². The Morgan fingerprint density at radius 2 is 1.93 bits per heavy atom. The molecule has 0 spiro atoms. The zero-order chi connectivity index (χ0) is 11.0. The van der Waals surface area contributed by atoms with Gasteiger partial charge in [-0.3, -0.25) is 0 Å². The third kappa shape index (κ3) is 1.91. The molecule has 1 aromatic carbocycles. The third-order valence-electron chi connectivity index (χ3n) is 3.41. The summed E-state index contributed by atoms with van der Waals surface area (Å²) >= 11 is 0. The largest absolute Gasteiger partial charge is 0.381 e. The van der Waals surface area contributed by atoms with Gasteiger partial charge in [0.15, 0.2) is 0 Å². The lowest BCUT2D eigenvalue weighted by atomic mass is 9.84. The molecule has 0 aliphatic carbocycles. The van der Waals surface area contributed by atoms with Gasteiger partial charge >= 0.3 is 0 Å². The average Bonchev–Trinajstić information content (AvgIpc) is 2.08. The van der Waals surface area contributed by atoms with E-state index in [0.717, 1.165) is 24.3 Å². The summed E-state index contributed by atoms with van der Waals surface area (Å²) in [4.78, 5) is 0. The lowest BCUT2D eigenvalue weighted by Gasteiger charge is -2.32. The molecule has 0 aromatic heterocycles. The normalized spacial score (nSPS) is 18.7. The highest BCUT2D eigenvalue weighted by molar-refractivity contribution is 5.34. The summed E-state index contributed by atoms with van der Waals surface area (Å²) in [5.41, 5.74) is 3.05. The summed E-state index contributed by atoms with van der Waals surface area (Å²) in [5.74, 6) is 0.863. The molecule has 0 unspecified atom stereocenters. The first-order valence-corrected chi connectivity index (χ1v) is 5.44. The molecule has 1 aromatic rings. The van der Waals surface area contributed by atoms with E-state index in [-0.39, 0.29) is 5.82 Å². The topological polar surface area (TPSA) is 9.23 Å². The average molecular weight is 208 g/mol. The lowest BCUT2D eigenvalue weighted by molar-refractivity contribution is -0.0424. The maximum atomic E-state index is 13.5. The van der Waals surface area contributed by atoms with Crippen LogP contribution in [0.25, 0.3) is 0 Å². The monoisotopic (exact) mass is 208 g/mol. The predicted molar refractivity (Wildman–Crippen MR) is 58.6 cm³/mol. The molecule has 0 saturated carbocycles. The van der Waals surface area contributed by atoms with Gasteiger partial charge in [-0.05, 0) is 42.5 Å². The Balaban J connectivity index is 2.30. The van der Waals surface area contributed by atoms with E-state index in [9.17, 15) is 4.39 Å². The molecule has 1 aliphatic heterocycles. The minimum Gasteiger partial charge on any atom is -0.381 e. The molecule has 0 radical (unpaired) electrons. The Kier molecular flexibility index (Phi) is 2.79. The number of aryl methyl sites for hydroxylation is 2. The summed E-state index contributed by atoms with van der Waals surface area (Å²) in [6.45, 7) is 7.65. The van der Waals surface area contributed by atoms with Crippen molar-refractivity contribution in [1.29, 1.82) is 0 Å². The van der Waals surface area contributed by atoms with Crippen LogP contribution in [0.5, 0.6) is 0 Å². The van der Waals surface area contributed by atoms with Gasteiger partial charge in [-0.15, -0.1) is 0 Å². The van der Waals surface area contributed by atoms with Gasteiger partial charge in [0, 0.05) is 5.92 Å². The number of hydrogen-bond donors (Lipinski definition) is 0. The highest BCUT2D eigenvalue weighted by Gasteiger charge is 2.27. The highest BCUT2D eigenvalue weighted by Crippen LogP contribution is 2.32. The fourth-order valence-electron chi connectivity index (χ4n) is 2.13. The van der Waals surface area contributed by atoms with E-state index in [0.29, 0.717) is 11.8 Å². The summed E-state index contributed by atoms with van der Waals surface area (Å²) in [5, 5.41) is 0. The van der Waals surface area contributed by atoms with E-state index in [1.165, 1.54) is 5.56 Å². The summed E-state index contributed by atoms with van der Waals surface area (Å²) < 4.78 is 18.7. The molecule has 1 aliphatic rings. The van der Waals surface area contributed by atoms with E-state index in [1.807, 2.05) is 13.0 Å². The maximum Gasteiger partial charge on any atom is 0.126 e. The Hall–Kier alpha value is -0.890. The maximum absolute atomic E-state index is 13.5. The van der Waals surface area contributed by atoms with Gasteiger partial charge in [0.2, 0.25) is 0 Å². The van der Waals surface area contributed by atoms with Gasteiger partial charge in [0.1, 0.15) is 5.82 Å². The van der Waals surface area contributed by atoms with Crippen LogP contribution in [-0.4, -0.2) is 13.2 Å².